The molecule has 0 saturated carbocycles. The van der Waals surface area contributed by atoms with Gasteiger partial charge in [0, 0.05) is 11.6 Å². The molecule has 0 unspecified atom stereocenters. The standard InChI is InChI=1S/C10H7NO2/c12-6-9-3-8-4-10(13)2-1-7(8)5-11-9/h1-6,13H. The number of nitrogens with zero attached hydrogens (tertiary/aromatic N) is 1. The Labute approximate surface area is 74.7 Å². The van der Waals surface area contributed by atoms with Gasteiger partial charge in [0.05, 0.1) is 0 Å². The predicted molar refractivity (Wildman–Crippen MR) is 48.8 cm³/mol. The third kappa shape index (κ3) is 1.36. The molecule has 2 aromatic rings. The molecule has 1 aromatic carbocycles. The van der Waals surface area contributed by atoms with Crippen LogP contribution in [-0.2, 0) is 0 Å². The molecule has 0 aliphatic carbocycles. The summed E-state index contributed by atoms with van der Waals surface area (Å²) in [4.78, 5) is 14.3. The number of aldehydes is 1. The second kappa shape index (κ2) is 2.86. The number of rotatable bonds is 1. The molecule has 1 heterocycles. The maximum atomic E-state index is 10.4. The average molecular weight is 173 g/mol. The van der Waals surface area contributed by atoms with Gasteiger partial charge in [-0.2, -0.15) is 0 Å². The quantitative estimate of drug-likeness (QED) is 0.668. The van der Waals surface area contributed by atoms with Gasteiger partial charge in [0.25, 0.3) is 0 Å². The lowest BCUT2D eigenvalue weighted by Gasteiger charge is -1.98. The van der Waals surface area contributed by atoms with Crippen molar-refractivity contribution in [1.29, 1.82) is 0 Å². The van der Waals surface area contributed by atoms with Crippen LogP contribution in [-0.4, -0.2) is 16.4 Å². The van der Waals surface area contributed by atoms with Crippen LogP contribution in [0.4, 0.5) is 0 Å². The fraction of sp³-hybridized carbons (Fsp3) is 0. The Kier molecular flexibility index (Phi) is 1.70. The summed E-state index contributed by atoms with van der Waals surface area (Å²) < 4.78 is 0. The minimum atomic E-state index is 0.190. The Morgan fingerprint density at radius 2 is 2.08 bits per heavy atom. The van der Waals surface area contributed by atoms with Gasteiger partial charge in [-0.15, -0.1) is 0 Å². The van der Waals surface area contributed by atoms with Crippen molar-refractivity contribution in [2.45, 2.75) is 0 Å². The first-order valence-corrected chi connectivity index (χ1v) is 3.83. The van der Waals surface area contributed by atoms with E-state index in [1.165, 1.54) is 0 Å². The van der Waals surface area contributed by atoms with Gasteiger partial charge in [-0.05, 0) is 29.7 Å². The highest BCUT2D eigenvalue weighted by molar-refractivity contribution is 5.87. The molecule has 2 rings (SSSR count). The molecule has 0 radical (unpaired) electrons. The van der Waals surface area contributed by atoms with Gasteiger partial charge in [0.1, 0.15) is 11.4 Å². The third-order valence-corrected chi connectivity index (χ3v) is 1.85. The number of phenolic OH excluding ortho intramolecular Hbond substituents is 1. The predicted octanol–water partition coefficient (Wildman–Crippen LogP) is 1.75. The number of benzene rings is 1. The number of hydrogen-bond acceptors (Lipinski definition) is 3. The van der Waals surface area contributed by atoms with Crippen molar-refractivity contribution in [3.63, 3.8) is 0 Å². The van der Waals surface area contributed by atoms with Crippen LogP contribution in [0, 0.1) is 0 Å². The minimum absolute atomic E-state index is 0.190. The van der Waals surface area contributed by atoms with Crippen LogP contribution in [0.15, 0.2) is 30.5 Å². The summed E-state index contributed by atoms with van der Waals surface area (Å²) >= 11 is 0. The highest BCUT2D eigenvalue weighted by atomic mass is 16.3. The van der Waals surface area contributed by atoms with Crippen molar-refractivity contribution in [3.8, 4) is 5.75 Å². The van der Waals surface area contributed by atoms with E-state index in [1.54, 1.807) is 30.5 Å². The monoisotopic (exact) mass is 173 g/mol. The average Bonchev–Trinajstić information content (AvgIpc) is 2.16. The van der Waals surface area contributed by atoms with Crippen LogP contribution in [0.25, 0.3) is 10.8 Å². The van der Waals surface area contributed by atoms with Crippen molar-refractivity contribution in [3.05, 3.63) is 36.2 Å². The fourth-order valence-electron chi connectivity index (χ4n) is 1.21. The maximum Gasteiger partial charge on any atom is 0.168 e. The molecule has 0 bridgehead atoms. The summed E-state index contributed by atoms with van der Waals surface area (Å²) in [7, 11) is 0. The summed E-state index contributed by atoms with van der Waals surface area (Å²) in [5.41, 5.74) is 0.373. The molecule has 0 atom stereocenters. The molecule has 0 saturated heterocycles. The Balaban J connectivity index is 2.74. The maximum absolute atomic E-state index is 10.4. The van der Waals surface area contributed by atoms with E-state index in [1.807, 2.05) is 0 Å². The van der Waals surface area contributed by atoms with E-state index >= 15 is 0 Å². The van der Waals surface area contributed by atoms with E-state index in [0.29, 0.717) is 12.0 Å². The molecular weight excluding hydrogens is 166 g/mol. The van der Waals surface area contributed by atoms with Crippen LogP contribution in [0.5, 0.6) is 5.75 Å². The zero-order valence-electron chi connectivity index (χ0n) is 6.77. The molecule has 0 amide bonds. The molecule has 64 valence electrons. The zero-order chi connectivity index (χ0) is 9.26. The van der Waals surface area contributed by atoms with Gasteiger partial charge >= 0.3 is 0 Å². The molecule has 0 fully saturated rings. The number of carbonyl (C=O) groups excluding carboxylic acids is 1. The number of pyridine rings is 1. The molecular formula is C10H7NO2. The lowest BCUT2D eigenvalue weighted by molar-refractivity contribution is 0.111. The van der Waals surface area contributed by atoms with Gasteiger partial charge in [-0.25, -0.2) is 0 Å². The highest BCUT2D eigenvalue weighted by Crippen LogP contribution is 2.19. The first-order valence-electron chi connectivity index (χ1n) is 3.83. The molecule has 0 aliphatic rings. The number of aromatic nitrogens is 1. The van der Waals surface area contributed by atoms with E-state index in [9.17, 15) is 9.90 Å². The van der Waals surface area contributed by atoms with Gasteiger partial charge in [0.2, 0.25) is 0 Å². The highest BCUT2D eigenvalue weighted by Gasteiger charge is 1.97. The van der Waals surface area contributed by atoms with Gasteiger partial charge in [-0.3, -0.25) is 9.78 Å². The van der Waals surface area contributed by atoms with Gasteiger partial charge < -0.3 is 5.11 Å². The molecule has 0 spiro atoms. The van der Waals surface area contributed by atoms with Gasteiger partial charge in [-0.1, -0.05) is 0 Å². The Hall–Kier alpha value is -1.90. The number of aromatic hydroxyl groups is 1. The number of phenols is 1. The van der Waals surface area contributed by atoms with Crippen molar-refractivity contribution >= 4 is 17.1 Å². The van der Waals surface area contributed by atoms with E-state index in [0.717, 1.165) is 10.8 Å². The van der Waals surface area contributed by atoms with E-state index in [4.69, 9.17) is 0 Å². The SMILES string of the molecule is O=Cc1cc2cc(O)ccc2cn1. The van der Waals surface area contributed by atoms with Crippen LogP contribution in [0.1, 0.15) is 10.5 Å². The minimum Gasteiger partial charge on any atom is -0.508 e. The Bertz CT molecular complexity index is 465. The van der Waals surface area contributed by atoms with Crippen molar-refractivity contribution in [2.24, 2.45) is 0 Å². The van der Waals surface area contributed by atoms with E-state index in [-0.39, 0.29) is 5.75 Å². The van der Waals surface area contributed by atoms with Crippen LogP contribution >= 0.6 is 0 Å². The smallest absolute Gasteiger partial charge is 0.168 e. The first-order chi connectivity index (χ1) is 6.29. The lowest BCUT2D eigenvalue weighted by Crippen LogP contribution is -1.85. The molecule has 3 heteroatoms. The summed E-state index contributed by atoms with van der Waals surface area (Å²) in [6, 6.07) is 6.59. The summed E-state index contributed by atoms with van der Waals surface area (Å²) in [5.74, 6) is 0.190. The summed E-state index contributed by atoms with van der Waals surface area (Å²) in [6.07, 6.45) is 2.29. The van der Waals surface area contributed by atoms with Gasteiger partial charge in [0.15, 0.2) is 6.29 Å². The van der Waals surface area contributed by atoms with Crippen molar-refractivity contribution in [1.82, 2.24) is 4.98 Å². The molecule has 3 nitrogen and oxygen atoms in total. The molecule has 0 aliphatic heterocycles. The first kappa shape index (κ1) is 7.73. The molecule has 13 heavy (non-hydrogen) atoms. The third-order valence-electron chi connectivity index (χ3n) is 1.85. The van der Waals surface area contributed by atoms with Crippen molar-refractivity contribution in [2.75, 3.05) is 0 Å². The number of fused-ring (bicyclic) bond motifs is 1. The summed E-state index contributed by atoms with van der Waals surface area (Å²) in [6.45, 7) is 0. The molecule has 1 aromatic heterocycles. The summed E-state index contributed by atoms with van der Waals surface area (Å²) in [5, 5.41) is 10.9. The molecule has 1 N–H and O–H groups in total. The second-order valence-electron chi connectivity index (χ2n) is 2.76. The zero-order valence-corrected chi connectivity index (χ0v) is 6.77. The second-order valence-corrected chi connectivity index (χ2v) is 2.76. The van der Waals surface area contributed by atoms with E-state index < -0.39 is 0 Å². The van der Waals surface area contributed by atoms with Crippen LogP contribution < -0.4 is 0 Å². The van der Waals surface area contributed by atoms with Crippen LogP contribution in [0.3, 0.4) is 0 Å². The van der Waals surface area contributed by atoms with E-state index in [2.05, 4.69) is 4.98 Å². The topological polar surface area (TPSA) is 50.2 Å². The fourth-order valence-corrected chi connectivity index (χ4v) is 1.21. The normalized spacial score (nSPS) is 10.2. The largest absolute Gasteiger partial charge is 0.508 e. The number of hydrogen-bond donors (Lipinski definition) is 1. The van der Waals surface area contributed by atoms with Crippen LogP contribution in [0.2, 0.25) is 0 Å². The Morgan fingerprint density at radius 1 is 1.23 bits per heavy atom. The lowest BCUT2D eigenvalue weighted by atomic mass is 10.1. The number of carbonyl (C=O) groups is 1. The Morgan fingerprint density at radius 3 is 2.85 bits per heavy atom. The van der Waals surface area contributed by atoms with Crippen molar-refractivity contribution < 1.29 is 9.90 Å².